The second kappa shape index (κ2) is 4.98. The Balaban J connectivity index is 2.10. The molecule has 1 aromatic heterocycles. The summed E-state index contributed by atoms with van der Waals surface area (Å²) in [6, 6.07) is 0. The topological polar surface area (TPSA) is 64.3 Å². The highest BCUT2D eigenvalue weighted by Gasteiger charge is 2.31. The van der Waals surface area contributed by atoms with Gasteiger partial charge < -0.3 is 15.4 Å². The van der Waals surface area contributed by atoms with Gasteiger partial charge in [0.25, 0.3) is 0 Å². The lowest BCUT2D eigenvalue weighted by atomic mass is 9.95. The molecule has 1 saturated heterocycles. The van der Waals surface area contributed by atoms with Crippen molar-refractivity contribution in [2.45, 2.75) is 31.9 Å². The number of hydrogen-bond donors (Lipinski definition) is 1. The van der Waals surface area contributed by atoms with Crippen molar-refractivity contribution >= 4 is 5.95 Å². The van der Waals surface area contributed by atoms with E-state index < -0.39 is 0 Å². The van der Waals surface area contributed by atoms with Crippen molar-refractivity contribution in [3.05, 3.63) is 18.0 Å². The molecule has 1 aliphatic heterocycles. The van der Waals surface area contributed by atoms with Crippen LogP contribution in [0.5, 0.6) is 0 Å². The van der Waals surface area contributed by atoms with Gasteiger partial charge in [-0.3, -0.25) is 0 Å². The molecule has 0 aliphatic carbocycles. The van der Waals surface area contributed by atoms with Gasteiger partial charge in [0.05, 0.1) is 5.60 Å². The van der Waals surface area contributed by atoms with E-state index >= 15 is 0 Å². The fourth-order valence-corrected chi connectivity index (χ4v) is 2.16. The Morgan fingerprint density at radius 3 is 2.76 bits per heavy atom. The summed E-state index contributed by atoms with van der Waals surface area (Å²) >= 11 is 0. The molecule has 1 unspecified atom stereocenters. The van der Waals surface area contributed by atoms with Crippen molar-refractivity contribution < 1.29 is 4.74 Å². The summed E-state index contributed by atoms with van der Waals surface area (Å²) in [5, 5.41) is 0. The Bertz CT molecular complexity index is 367. The number of hydrogen-bond acceptors (Lipinski definition) is 5. The fraction of sp³-hybridized carbons (Fsp3) is 0.667. The van der Waals surface area contributed by atoms with Gasteiger partial charge in [-0.25, -0.2) is 9.97 Å². The van der Waals surface area contributed by atoms with Crippen molar-refractivity contribution in [3.8, 4) is 0 Å². The normalized spacial score (nSPS) is 25.0. The molecule has 0 spiro atoms. The smallest absolute Gasteiger partial charge is 0.225 e. The first kappa shape index (κ1) is 12.3. The number of methoxy groups -OCH3 is 1. The average Bonchev–Trinajstić information content (AvgIpc) is 2.39. The summed E-state index contributed by atoms with van der Waals surface area (Å²) in [7, 11) is 1.77. The second-order valence-electron chi connectivity index (χ2n) is 4.77. The average molecular weight is 236 g/mol. The molecule has 5 heteroatoms. The Labute approximate surface area is 102 Å². The lowest BCUT2D eigenvalue weighted by molar-refractivity contribution is -0.00498. The van der Waals surface area contributed by atoms with Crippen LogP contribution in [0, 0.1) is 0 Å². The molecule has 0 radical (unpaired) electrons. The maximum Gasteiger partial charge on any atom is 0.225 e. The first-order valence-electron chi connectivity index (χ1n) is 5.98. The summed E-state index contributed by atoms with van der Waals surface area (Å²) in [5.74, 6) is 0.769. The molecule has 1 aromatic rings. The van der Waals surface area contributed by atoms with E-state index in [0.29, 0.717) is 6.54 Å². The number of nitrogens with two attached hydrogens (primary N) is 1. The summed E-state index contributed by atoms with van der Waals surface area (Å²) in [6.07, 6.45) is 5.77. The predicted octanol–water partition coefficient (Wildman–Crippen LogP) is 0.941. The SMILES string of the molecule is COC1(C)CCCN(c2ncc(CN)cn2)C1. The minimum atomic E-state index is -0.0891. The minimum absolute atomic E-state index is 0.0891. The molecule has 5 nitrogen and oxygen atoms in total. The van der Waals surface area contributed by atoms with E-state index in [1.54, 1.807) is 19.5 Å². The Hall–Kier alpha value is -1.20. The van der Waals surface area contributed by atoms with Gasteiger partial charge >= 0.3 is 0 Å². The molecule has 2 heterocycles. The lowest BCUT2D eigenvalue weighted by Crippen LogP contribution is -2.48. The van der Waals surface area contributed by atoms with E-state index in [2.05, 4.69) is 21.8 Å². The van der Waals surface area contributed by atoms with Crippen LogP contribution >= 0.6 is 0 Å². The molecule has 1 aliphatic rings. The third-order valence-electron chi connectivity index (χ3n) is 3.36. The predicted molar refractivity (Wildman–Crippen MR) is 66.8 cm³/mol. The number of piperidine rings is 1. The van der Waals surface area contributed by atoms with E-state index in [-0.39, 0.29) is 5.60 Å². The molecule has 0 aromatic carbocycles. The standard InChI is InChI=1S/C12H20N4O/c1-12(17-2)4-3-5-16(9-12)11-14-7-10(6-13)8-15-11/h7-8H,3-6,9,13H2,1-2H3. The van der Waals surface area contributed by atoms with Gasteiger partial charge in [-0.1, -0.05) is 0 Å². The van der Waals surface area contributed by atoms with E-state index in [4.69, 9.17) is 10.5 Å². The van der Waals surface area contributed by atoms with Gasteiger partial charge in [0.1, 0.15) is 0 Å². The largest absolute Gasteiger partial charge is 0.377 e. The van der Waals surface area contributed by atoms with Crippen LogP contribution in [-0.4, -0.2) is 35.8 Å². The fourth-order valence-electron chi connectivity index (χ4n) is 2.16. The number of rotatable bonds is 3. The van der Waals surface area contributed by atoms with E-state index in [1.165, 1.54) is 0 Å². The van der Waals surface area contributed by atoms with Crippen LogP contribution in [0.1, 0.15) is 25.3 Å². The van der Waals surface area contributed by atoms with Crippen LogP contribution < -0.4 is 10.6 Å². The van der Waals surface area contributed by atoms with Gasteiger partial charge in [-0.05, 0) is 19.8 Å². The van der Waals surface area contributed by atoms with Gasteiger partial charge in [0.15, 0.2) is 0 Å². The second-order valence-corrected chi connectivity index (χ2v) is 4.77. The van der Waals surface area contributed by atoms with Gasteiger partial charge in [-0.15, -0.1) is 0 Å². The van der Waals surface area contributed by atoms with Crippen LogP contribution in [-0.2, 0) is 11.3 Å². The van der Waals surface area contributed by atoms with Gasteiger partial charge in [-0.2, -0.15) is 0 Å². The highest BCUT2D eigenvalue weighted by atomic mass is 16.5. The van der Waals surface area contributed by atoms with Crippen molar-refractivity contribution in [2.24, 2.45) is 5.73 Å². The summed E-state index contributed by atoms with van der Waals surface area (Å²) in [4.78, 5) is 10.9. The summed E-state index contributed by atoms with van der Waals surface area (Å²) < 4.78 is 5.56. The van der Waals surface area contributed by atoms with E-state index in [0.717, 1.165) is 37.4 Å². The molecule has 0 amide bonds. The highest BCUT2D eigenvalue weighted by Crippen LogP contribution is 2.25. The maximum atomic E-state index is 5.56. The molecule has 1 fully saturated rings. The maximum absolute atomic E-state index is 5.56. The zero-order valence-electron chi connectivity index (χ0n) is 10.5. The molecule has 1 atom stereocenters. The van der Waals surface area contributed by atoms with E-state index in [9.17, 15) is 0 Å². The first-order valence-corrected chi connectivity index (χ1v) is 5.98. The van der Waals surface area contributed by atoms with Crippen LogP contribution in [0.3, 0.4) is 0 Å². The van der Waals surface area contributed by atoms with Crippen molar-refractivity contribution in [1.82, 2.24) is 9.97 Å². The molecular formula is C12H20N4O. The Kier molecular flexibility index (Phi) is 3.59. The van der Waals surface area contributed by atoms with Crippen LogP contribution in [0.15, 0.2) is 12.4 Å². The van der Waals surface area contributed by atoms with Crippen LogP contribution in [0.25, 0.3) is 0 Å². The molecular weight excluding hydrogens is 216 g/mol. The zero-order chi connectivity index (χ0) is 12.3. The number of nitrogens with zero attached hydrogens (tertiary/aromatic N) is 3. The van der Waals surface area contributed by atoms with Crippen molar-refractivity contribution in [3.63, 3.8) is 0 Å². The molecule has 0 bridgehead atoms. The third-order valence-corrected chi connectivity index (χ3v) is 3.36. The molecule has 94 valence electrons. The summed E-state index contributed by atoms with van der Waals surface area (Å²) in [6.45, 7) is 4.44. The van der Waals surface area contributed by atoms with Crippen LogP contribution in [0.2, 0.25) is 0 Å². The highest BCUT2D eigenvalue weighted by molar-refractivity contribution is 5.31. The lowest BCUT2D eigenvalue weighted by Gasteiger charge is -2.39. The summed E-state index contributed by atoms with van der Waals surface area (Å²) in [5.41, 5.74) is 6.40. The number of ether oxygens (including phenoxy) is 1. The minimum Gasteiger partial charge on any atom is -0.377 e. The zero-order valence-corrected chi connectivity index (χ0v) is 10.5. The number of anilines is 1. The molecule has 2 rings (SSSR count). The third kappa shape index (κ3) is 2.73. The molecule has 0 saturated carbocycles. The monoisotopic (exact) mass is 236 g/mol. The number of aromatic nitrogens is 2. The quantitative estimate of drug-likeness (QED) is 0.846. The van der Waals surface area contributed by atoms with Crippen molar-refractivity contribution in [2.75, 3.05) is 25.1 Å². The molecule has 2 N–H and O–H groups in total. The van der Waals surface area contributed by atoms with Gasteiger partial charge in [0.2, 0.25) is 5.95 Å². The molecule has 17 heavy (non-hydrogen) atoms. The first-order chi connectivity index (χ1) is 8.17. The van der Waals surface area contributed by atoms with E-state index in [1.807, 2.05) is 0 Å². The van der Waals surface area contributed by atoms with Crippen LogP contribution in [0.4, 0.5) is 5.95 Å². The van der Waals surface area contributed by atoms with Gasteiger partial charge in [0, 0.05) is 44.7 Å². The Morgan fingerprint density at radius 1 is 1.47 bits per heavy atom. The van der Waals surface area contributed by atoms with Crippen molar-refractivity contribution in [1.29, 1.82) is 0 Å². The Morgan fingerprint density at radius 2 is 2.18 bits per heavy atom.